The lowest BCUT2D eigenvalue weighted by Crippen LogP contribution is -2.18. The number of carbonyl (C=O) groups excluding carboxylic acids is 1. The number of amides is 1. The first-order chi connectivity index (χ1) is 9.61. The highest BCUT2D eigenvalue weighted by atomic mass is 19.1. The lowest BCUT2D eigenvalue weighted by atomic mass is 10.1. The van der Waals surface area contributed by atoms with Gasteiger partial charge in [-0.25, -0.2) is 9.37 Å². The molecule has 0 aliphatic rings. The van der Waals surface area contributed by atoms with Gasteiger partial charge in [0.25, 0.3) is 5.91 Å². The Bertz CT molecular complexity index is 598. The smallest absolute Gasteiger partial charge is 0.274 e. The molecule has 5 heteroatoms. The van der Waals surface area contributed by atoms with Gasteiger partial charge in [0, 0.05) is 11.7 Å². The fourth-order valence-electron chi connectivity index (χ4n) is 1.84. The summed E-state index contributed by atoms with van der Waals surface area (Å²) in [5.74, 6) is -0.827. The van der Waals surface area contributed by atoms with E-state index in [1.807, 2.05) is 38.2 Å². The van der Waals surface area contributed by atoms with Crippen LogP contribution in [0.2, 0.25) is 0 Å². The summed E-state index contributed by atoms with van der Waals surface area (Å²) < 4.78 is 12.8. The van der Waals surface area contributed by atoms with E-state index in [9.17, 15) is 9.18 Å². The molecule has 1 aromatic carbocycles. The first-order valence-electron chi connectivity index (χ1n) is 6.31. The van der Waals surface area contributed by atoms with Crippen molar-refractivity contribution in [3.63, 3.8) is 0 Å². The summed E-state index contributed by atoms with van der Waals surface area (Å²) in [6.45, 7) is 2.00. The van der Waals surface area contributed by atoms with Crippen molar-refractivity contribution in [3.05, 3.63) is 59.7 Å². The molecule has 1 aromatic heterocycles. The third-order valence-corrected chi connectivity index (χ3v) is 3.07. The van der Waals surface area contributed by atoms with E-state index in [0.29, 0.717) is 5.69 Å². The summed E-state index contributed by atoms with van der Waals surface area (Å²) in [7, 11) is 1.85. The number of aromatic nitrogens is 1. The number of anilines is 1. The highest BCUT2D eigenvalue weighted by Crippen LogP contribution is 2.22. The molecule has 0 spiro atoms. The van der Waals surface area contributed by atoms with E-state index in [1.54, 1.807) is 0 Å². The predicted octanol–water partition coefficient (Wildman–Crippen LogP) is 2.75. The first-order valence-corrected chi connectivity index (χ1v) is 6.31. The minimum atomic E-state index is -0.467. The monoisotopic (exact) mass is 273 g/mol. The maximum absolute atomic E-state index is 12.8. The fraction of sp³-hybridized carbons (Fsp3) is 0.200. The van der Waals surface area contributed by atoms with Gasteiger partial charge in [0.1, 0.15) is 11.5 Å². The number of pyridine rings is 1. The molecular formula is C15H16FN3O. The van der Waals surface area contributed by atoms with E-state index in [-0.39, 0.29) is 17.6 Å². The maximum Gasteiger partial charge on any atom is 0.274 e. The SMILES string of the molecule is CNC(C)c1ccccc1NC(=O)c1ccc(F)cn1. The van der Waals surface area contributed by atoms with E-state index in [0.717, 1.165) is 11.8 Å². The van der Waals surface area contributed by atoms with Crippen LogP contribution in [0.15, 0.2) is 42.6 Å². The molecule has 0 fully saturated rings. The average Bonchev–Trinajstić information content (AvgIpc) is 2.47. The second-order valence-corrected chi connectivity index (χ2v) is 4.41. The Labute approximate surface area is 117 Å². The highest BCUT2D eigenvalue weighted by Gasteiger charge is 2.12. The van der Waals surface area contributed by atoms with Crippen LogP contribution < -0.4 is 10.6 Å². The van der Waals surface area contributed by atoms with E-state index in [1.165, 1.54) is 12.1 Å². The van der Waals surface area contributed by atoms with Gasteiger partial charge in [-0.3, -0.25) is 4.79 Å². The minimum absolute atomic E-state index is 0.104. The van der Waals surface area contributed by atoms with Crippen molar-refractivity contribution < 1.29 is 9.18 Å². The van der Waals surface area contributed by atoms with Crippen LogP contribution in [0.25, 0.3) is 0 Å². The van der Waals surface area contributed by atoms with Crippen LogP contribution in [0, 0.1) is 5.82 Å². The Morgan fingerprint density at radius 2 is 2.00 bits per heavy atom. The normalized spacial score (nSPS) is 11.9. The van der Waals surface area contributed by atoms with Crippen LogP contribution >= 0.6 is 0 Å². The molecule has 2 N–H and O–H groups in total. The summed E-state index contributed by atoms with van der Waals surface area (Å²) in [5, 5.41) is 5.92. The van der Waals surface area contributed by atoms with Gasteiger partial charge in [0.15, 0.2) is 0 Å². The number of para-hydroxylation sites is 1. The molecule has 104 valence electrons. The number of nitrogens with one attached hydrogen (secondary N) is 2. The van der Waals surface area contributed by atoms with Crippen LogP contribution in [0.1, 0.15) is 29.0 Å². The van der Waals surface area contributed by atoms with Gasteiger partial charge < -0.3 is 10.6 Å². The van der Waals surface area contributed by atoms with Crippen LogP contribution in [-0.2, 0) is 0 Å². The minimum Gasteiger partial charge on any atom is -0.320 e. The standard InChI is InChI=1S/C15H16FN3O/c1-10(17-2)12-5-3-4-6-13(12)19-15(20)14-8-7-11(16)9-18-14/h3-10,17H,1-2H3,(H,19,20). The number of benzene rings is 1. The van der Waals surface area contributed by atoms with E-state index >= 15 is 0 Å². The molecule has 2 rings (SSSR count). The van der Waals surface area contributed by atoms with E-state index in [2.05, 4.69) is 15.6 Å². The Kier molecular flexibility index (Phi) is 4.42. The van der Waals surface area contributed by atoms with Crippen molar-refractivity contribution in [1.29, 1.82) is 0 Å². The summed E-state index contributed by atoms with van der Waals surface area (Å²) >= 11 is 0. The van der Waals surface area contributed by atoms with Gasteiger partial charge in [-0.15, -0.1) is 0 Å². The van der Waals surface area contributed by atoms with Crippen molar-refractivity contribution in [1.82, 2.24) is 10.3 Å². The number of hydrogen-bond acceptors (Lipinski definition) is 3. The second-order valence-electron chi connectivity index (χ2n) is 4.41. The Balaban J connectivity index is 2.21. The zero-order chi connectivity index (χ0) is 14.5. The molecule has 1 unspecified atom stereocenters. The summed E-state index contributed by atoms with van der Waals surface area (Å²) in [4.78, 5) is 15.8. The summed E-state index contributed by atoms with van der Waals surface area (Å²) in [5.41, 5.74) is 1.87. The molecule has 0 aliphatic heterocycles. The van der Waals surface area contributed by atoms with Gasteiger partial charge in [-0.05, 0) is 37.7 Å². The molecule has 1 heterocycles. The molecule has 0 radical (unpaired) electrons. The van der Waals surface area contributed by atoms with Crippen molar-refractivity contribution in [2.45, 2.75) is 13.0 Å². The molecule has 0 saturated carbocycles. The van der Waals surface area contributed by atoms with Crippen molar-refractivity contribution >= 4 is 11.6 Å². The molecule has 0 saturated heterocycles. The van der Waals surface area contributed by atoms with Gasteiger partial charge >= 0.3 is 0 Å². The molecule has 0 aliphatic carbocycles. The van der Waals surface area contributed by atoms with Crippen molar-refractivity contribution in [3.8, 4) is 0 Å². The van der Waals surface area contributed by atoms with Gasteiger partial charge in [0.2, 0.25) is 0 Å². The van der Waals surface area contributed by atoms with Crippen LogP contribution in [0.5, 0.6) is 0 Å². The predicted molar refractivity (Wildman–Crippen MR) is 76.1 cm³/mol. The average molecular weight is 273 g/mol. The fourth-order valence-corrected chi connectivity index (χ4v) is 1.84. The van der Waals surface area contributed by atoms with Gasteiger partial charge in [-0.2, -0.15) is 0 Å². The van der Waals surface area contributed by atoms with Crippen molar-refractivity contribution in [2.75, 3.05) is 12.4 Å². The molecule has 1 amide bonds. The second kappa shape index (κ2) is 6.25. The largest absolute Gasteiger partial charge is 0.320 e. The number of carbonyl (C=O) groups is 1. The highest BCUT2D eigenvalue weighted by molar-refractivity contribution is 6.03. The number of hydrogen-bond donors (Lipinski definition) is 2. The number of rotatable bonds is 4. The van der Waals surface area contributed by atoms with E-state index in [4.69, 9.17) is 0 Å². The van der Waals surface area contributed by atoms with E-state index < -0.39 is 5.82 Å². The Morgan fingerprint density at radius 1 is 1.25 bits per heavy atom. The first kappa shape index (κ1) is 14.1. The molecule has 1 atom stereocenters. The third kappa shape index (κ3) is 3.19. The Hall–Kier alpha value is -2.27. The van der Waals surface area contributed by atoms with Crippen molar-refractivity contribution in [2.24, 2.45) is 0 Å². The quantitative estimate of drug-likeness (QED) is 0.900. The van der Waals surface area contributed by atoms with Crippen LogP contribution in [0.3, 0.4) is 0 Å². The molecular weight excluding hydrogens is 257 g/mol. The summed E-state index contributed by atoms with van der Waals surface area (Å²) in [6.07, 6.45) is 1.02. The maximum atomic E-state index is 12.8. The van der Waals surface area contributed by atoms with Gasteiger partial charge in [0.05, 0.1) is 6.20 Å². The zero-order valence-corrected chi connectivity index (χ0v) is 11.4. The zero-order valence-electron chi connectivity index (χ0n) is 11.4. The molecule has 2 aromatic rings. The number of halogens is 1. The molecule has 0 bridgehead atoms. The Morgan fingerprint density at radius 3 is 2.65 bits per heavy atom. The lowest BCUT2D eigenvalue weighted by Gasteiger charge is -2.16. The lowest BCUT2D eigenvalue weighted by molar-refractivity contribution is 0.102. The molecule has 20 heavy (non-hydrogen) atoms. The van der Waals surface area contributed by atoms with Crippen LogP contribution in [-0.4, -0.2) is 17.9 Å². The summed E-state index contributed by atoms with van der Waals surface area (Å²) in [6, 6.07) is 10.2. The molecule has 4 nitrogen and oxygen atoms in total. The van der Waals surface area contributed by atoms with Crippen LogP contribution in [0.4, 0.5) is 10.1 Å². The number of nitrogens with zero attached hydrogens (tertiary/aromatic N) is 1. The topological polar surface area (TPSA) is 54.0 Å². The third-order valence-electron chi connectivity index (χ3n) is 3.07. The van der Waals surface area contributed by atoms with Gasteiger partial charge in [-0.1, -0.05) is 18.2 Å².